The third-order valence-electron chi connectivity index (χ3n) is 3.84. The van der Waals surface area contributed by atoms with Gasteiger partial charge in [0.1, 0.15) is 0 Å². The van der Waals surface area contributed by atoms with Gasteiger partial charge in [0.25, 0.3) is 0 Å². The first-order chi connectivity index (χ1) is 8.73. The average molecular weight is 282 g/mol. The molecule has 0 saturated heterocycles. The smallest absolute Gasteiger partial charge is 0.241 e. The summed E-state index contributed by atoms with van der Waals surface area (Å²) in [5.41, 5.74) is 8.35. The van der Waals surface area contributed by atoms with Crippen molar-refractivity contribution in [1.82, 2.24) is 4.72 Å². The van der Waals surface area contributed by atoms with E-state index in [0.29, 0.717) is 11.4 Å². The highest BCUT2D eigenvalue weighted by atomic mass is 32.2. The molecule has 1 aliphatic carbocycles. The molecular weight excluding hydrogens is 260 g/mol. The largest absolute Gasteiger partial charge is 0.324 e. The minimum absolute atomic E-state index is 0.322. The van der Waals surface area contributed by atoms with Crippen LogP contribution in [0.2, 0.25) is 0 Å². The molecule has 0 amide bonds. The Hall–Kier alpha value is -0.910. The second-order valence-corrected chi connectivity index (χ2v) is 7.47. The third-order valence-corrected chi connectivity index (χ3v) is 5.54. The first-order valence-corrected chi connectivity index (χ1v) is 8.08. The Morgan fingerprint density at radius 1 is 1.21 bits per heavy atom. The molecule has 0 aliphatic heterocycles. The van der Waals surface area contributed by atoms with Crippen LogP contribution in [0, 0.1) is 20.8 Å². The first-order valence-electron chi connectivity index (χ1n) is 6.60. The molecule has 0 aromatic heterocycles. The molecule has 5 heteroatoms. The monoisotopic (exact) mass is 282 g/mol. The first kappa shape index (κ1) is 14.5. The number of aryl methyl sites for hydroxylation is 3. The summed E-state index contributed by atoms with van der Waals surface area (Å²) in [6, 6.07) is 3.78. The Kier molecular flexibility index (Phi) is 3.73. The fourth-order valence-electron chi connectivity index (χ4n) is 2.71. The van der Waals surface area contributed by atoms with Gasteiger partial charge in [-0.2, -0.15) is 0 Å². The molecule has 0 atom stereocenters. The zero-order valence-corrected chi connectivity index (χ0v) is 12.6. The number of nitrogens with one attached hydrogen (secondary N) is 1. The second-order valence-electron chi connectivity index (χ2n) is 5.77. The van der Waals surface area contributed by atoms with E-state index in [4.69, 9.17) is 5.73 Å². The van der Waals surface area contributed by atoms with Gasteiger partial charge in [0.15, 0.2) is 0 Å². The molecular formula is C14H22N2O2S. The molecule has 0 bridgehead atoms. The molecule has 4 nitrogen and oxygen atoms in total. The summed E-state index contributed by atoms with van der Waals surface area (Å²) < 4.78 is 27.5. The summed E-state index contributed by atoms with van der Waals surface area (Å²) in [5, 5.41) is 0. The van der Waals surface area contributed by atoms with E-state index in [-0.39, 0.29) is 5.54 Å². The van der Waals surface area contributed by atoms with Gasteiger partial charge in [0.05, 0.1) is 4.90 Å². The highest BCUT2D eigenvalue weighted by Gasteiger charge is 2.34. The van der Waals surface area contributed by atoms with E-state index in [1.54, 1.807) is 0 Å². The molecule has 0 spiro atoms. The maximum Gasteiger partial charge on any atom is 0.241 e. The standard InChI is InChI=1S/C14H22N2O2S/c1-10-7-11(2)13(12(3)8-10)19(17,18)16-9-14(15)5-4-6-14/h7-8,16H,4-6,9,15H2,1-3H3. The van der Waals surface area contributed by atoms with Crippen LogP contribution in [-0.4, -0.2) is 20.5 Å². The molecule has 1 aliphatic rings. The topological polar surface area (TPSA) is 72.2 Å². The zero-order valence-electron chi connectivity index (χ0n) is 11.8. The summed E-state index contributed by atoms with van der Waals surface area (Å²) >= 11 is 0. The minimum atomic E-state index is -3.48. The lowest BCUT2D eigenvalue weighted by atomic mass is 9.78. The van der Waals surface area contributed by atoms with Crippen LogP contribution in [0.1, 0.15) is 36.0 Å². The van der Waals surface area contributed by atoms with Crippen molar-refractivity contribution in [2.45, 2.75) is 50.5 Å². The SMILES string of the molecule is Cc1cc(C)c(S(=O)(=O)NCC2(N)CCC2)c(C)c1. The maximum atomic E-state index is 12.4. The van der Waals surface area contributed by atoms with Crippen molar-refractivity contribution in [3.8, 4) is 0 Å². The van der Waals surface area contributed by atoms with Crippen LogP contribution in [0.4, 0.5) is 0 Å². The second kappa shape index (κ2) is 4.89. The minimum Gasteiger partial charge on any atom is -0.324 e. The predicted octanol–water partition coefficient (Wildman–Crippen LogP) is 1.77. The van der Waals surface area contributed by atoms with Gasteiger partial charge < -0.3 is 5.73 Å². The van der Waals surface area contributed by atoms with Crippen molar-refractivity contribution in [2.24, 2.45) is 5.73 Å². The Labute approximate surface area is 115 Å². The molecule has 1 saturated carbocycles. The van der Waals surface area contributed by atoms with Crippen LogP contribution in [0.15, 0.2) is 17.0 Å². The molecule has 106 valence electrons. The van der Waals surface area contributed by atoms with Crippen molar-refractivity contribution in [3.05, 3.63) is 28.8 Å². The Bertz CT molecular complexity index is 566. The number of sulfonamides is 1. The Balaban J connectivity index is 2.24. The van der Waals surface area contributed by atoms with E-state index in [1.807, 2.05) is 32.9 Å². The van der Waals surface area contributed by atoms with Gasteiger partial charge in [0, 0.05) is 12.1 Å². The lowest BCUT2D eigenvalue weighted by Gasteiger charge is -2.38. The molecule has 1 fully saturated rings. The molecule has 0 unspecified atom stereocenters. The molecule has 1 aromatic carbocycles. The van der Waals surface area contributed by atoms with E-state index in [1.165, 1.54) is 0 Å². The molecule has 1 aromatic rings. The van der Waals surface area contributed by atoms with Crippen LogP contribution < -0.4 is 10.5 Å². The van der Waals surface area contributed by atoms with Crippen molar-refractivity contribution in [3.63, 3.8) is 0 Å². The summed E-state index contributed by atoms with van der Waals surface area (Å²) in [7, 11) is -3.48. The molecule has 19 heavy (non-hydrogen) atoms. The molecule has 0 radical (unpaired) electrons. The lowest BCUT2D eigenvalue weighted by Crippen LogP contribution is -2.54. The van der Waals surface area contributed by atoms with Gasteiger partial charge >= 0.3 is 0 Å². The van der Waals surface area contributed by atoms with Gasteiger partial charge in [0.2, 0.25) is 10.0 Å². The van der Waals surface area contributed by atoms with E-state index >= 15 is 0 Å². The third kappa shape index (κ3) is 2.99. The van der Waals surface area contributed by atoms with Gasteiger partial charge in [-0.1, -0.05) is 17.7 Å². The quantitative estimate of drug-likeness (QED) is 0.884. The molecule has 3 N–H and O–H groups in total. The van der Waals surface area contributed by atoms with E-state index in [9.17, 15) is 8.42 Å². The Morgan fingerprint density at radius 3 is 2.16 bits per heavy atom. The van der Waals surface area contributed by atoms with Crippen molar-refractivity contribution < 1.29 is 8.42 Å². The summed E-state index contributed by atoms with van der Waals surface area (Å²) in [4.78, 5) is 0.390. The number of benzene rings is 1. The van der Waals surface area contributed by atoms with Gasteiger partial charge in [-0.3, -0.25) is 0 Å². The normalized spacial score (nSPS) is 18.1. The van der Waals surface area contributed by atoms with Crippen LogP contribution in [0.5, 0.6) is 0 Å². The van der Waals surface area contributed by atoms with Crippen LogP contribution >= 0.6 is 0 Å². The van der Waals surface area contributed by atoms with E-state index in [2.05, 4.69) is 4.72 Å². The van der Waals surface area contributed by atoms with Crippen LogP contribution in [0.25, 0.3) is 0 Å². The van der Waals surface area contributed by atoms with Crippen LogP contribution in [-0.2, 0) is 10.0 Å². The number of rotatable bonds is 4. The van der Waals surface area contributed by atoms with Crippen molar-refractivity contribution in [2.75, 3.05) is 6.54 Å². The van der Waals surface area contributed by atoms with Crippen LogP contribution in [0.3, 0.4) is 0 Å². The Morgan fingerprint density at radius 2 is 1.74 bits per heavy atom. The number of hydrogen-bond donors (Lipinski definition) is 2. The fourth-order valence-corrected chi connectivity index (χ4v) is 4.30. The highest BCUT2D eigenvalue weighted by Crippen LogP contribution is 2.29. The van der Waals surface area contributed by atoms with E-state index < -0.39 is 10.0 Å². The summed E-state index contributed by atoms with van der Waals surface area (Å²) in [6.07, 6.45) is 2.86. The summed E-state index contributed by atoms with van der Waals surface area (Å²) in [6.45, 7) is 5.95. The van der Waals surface area contributed by atoms with Gasteiger partial charge in [-0.25, -0.2) is 13.1 Å². The predicted molar refractivity (Wildman–Crippen MR) is 76.6 cm³/mol. The summed E-state index contributed by atoms with van der Waals surface area (Å²) in [5.74, 6) is 0. The average Bonchev–Trinajstić information content (AvgIpc) is 2.22. The van der Waals surface area contributed by atoms with Crippen molar-refractivity contribution >= 4 is 10.0 Å². The number of nitrogens with two attached hydrogens (primary N) is 1. The highest BCUT2D eigenvalue weighted by molar-refractivity contribution is 7.89. The molecule has 0 heterocycles. The number of hydrogen-bond acceptors (Lipinski definition) is 3. The maximum absolute atomic E-state index is 12.4. The van der Waals surface area contributed by atoms with Gasteiger partial charge in [-0.15, -0.1) is 0 Å². The van der Waals surface area contributed by atoms with Crippen molar-refractivity contribution in [1.29, 1.82) is 0 Å². The lowest BCUT2D eigenvalue weighted by molar-refractivity contribution is 0.251. The molecule has 2 rings (SSSR count). The van der Waals surface area contributed by atoms with E-state index in [0.717, 1.165) is 36.0 Å². The fraction of sp³-hybridized carbons (Fsp3) is 0.571. The zero-order chi connectivity index (χ0) is 14.3. The van der Waals surface area contributed by atoms with Gasteiger partial charge in [-0.05, 0) is 51.2 Å².